The molecule has 10 heteroatoms. The Morgan fingerprint density at radius 2 is 1.84 bits per heavy atom. The topological polar surface area (TPSA) is 118 Å². The number of halogens is 1. The van der Waals surface area contributed by atoms with E-state index in [1.54, 1.807) is 19.1 Å². The molecule has 0 unspecified atom stereocenters. The van der Waals surface area contributed by atoms with E-state index in [-0.39, 0.29) is 30.3 Å². The van der Waals surface area contributed by atoms with Crippen molar-refractivity contribution in [1.82, 2.24) is 19.9 Å². The molecule has 2 heterocycles. The molecule has 192 valence electrons. The number of aromatic nitrogens is 3. The number of hydrogen-bond donors (Lipinski definition) is 2. The molecule has 1 aliphatic heterocycles. The Labute approximate surface area is 220 Å². The van der Waals surface area contributed by atoms with Crippen LogP contribution in [0.15, 0.2) is 59.6 Å². The molecule has 1 aliphatic rings. The number of hydrogen-bond acceptors (Lipinski definition) is 8. The fraction of sp³-hybridized carbons (Fsp3) is 0.259. The van der Waals surface area contributed by atoms with E-state index >= 15 is 0 Å². The molecular weight excluding hydrogens is 492 g/mol. The van der Waals surface area contributed by atoms with Gasteiger partial charge in [-0.1, -0.05) is 41.9 Å². The smallest absolute Gasteiger partial charge is 0.327 e. The third kappa shape index (κ3) is 6.84. The monoisotopic (exact) mass is 520 g/mol. The summed E-state index contributed by atoms with van der Waals surface area (Å²) >= 11 is 6.47. The highest BCUT2D eigenvalue weighted by molar-refractivity contribution is 6.33. The Bertz CT molecular complexity index is 1340. The minimum Gasteiger partial charge on any atom is -0.424 e. The van der Waals surface area contributed by atoms with Crippen molar-refractivity contribution in [3.63, 3.8) is 0 Å². The number of amides is 1. The number of rotatable bonds is 7. The lowest BCUT2D eigenvalue weighted by Gasteiger charge is -2.35. The summed E-state index contributed by atoms with van der Waals surface area (Å²) in [6, 6.07) is 15.2. The Balaban J connectivity index is 1.50. The fourth-order valence-electron chi connectivity index (χ4n) is 4.12. The predicted octanol–water partition coefficient (Wildman–Crippen LogP) is 4.09. The average molecular weight is 521 g/mol. The molecule has 0 saturated carbocycles. The molecule has 1 amide bonds. The Kier molecular flexibility index (Phi) is 8.37. The van der Waals surface area contributed by atoms with Gasteiger partial charge in [-0.25, -0.2) is 0 Å². The van der Waals surface area contributed by atoms with Crippen LogP contribution in [-0.4, -0.2) is 57.0 Å². The number of benzene rings is 2. The zero-order chi connectivity index (χ0) is 26.4. The van der Waals surface area contributed by atoms with Crippen molar-refractivity contribution in [3.05, 3.63) is 76.6 Å². The molecule has 1 fully saturated rings. The van der Waals surface area contributed by atoms with E-state index in [0.717, 1.165) is 35.5 Å². The second-order valence-corrected chi connectivity index (χ2v) is 9.04. The molecule has 3 N–H and O–H groups in total. The van der Waals surface area contributed by atoms with E-state index in [1.165, 1.54) is 0 Å². The van der Waals surface area contributed by atoms with Crippen molar-refractivity contribution in [3.8, 4) is 11.8 Å². The summed E-state index contributed by atoms with van der Waals surface area (Å²) in [5, 5.41) is 9.98. The number of nitrogens with two attached hydrogens (primary N) is 1. The van der Waals surface area contributed by atoms with Gasteiger partial charge in [0.2, 0.25) is 11.9 Å². The maximum atomic E-state index is 11.6. The number of anilines is 2. The van der Waals surface area contributed by atoms with E-state index in [4.69, 9.17) is 22.1 Å². The molecule has 3 aromatic rings. The fourth-order valence-corrected chi connectivity index (χ4v) is 4.38. The highest BCUT2D eigenvalue weighted by atomic mass is 35.5. The molecule has 0 spiro atoms. The number of ether oxygens (including phenoxy) is 1. The lowest BCUT2D eigenvalue weighted by Crippen LogP contribution is -2.48. The normalized spacial score (nSPS) is 14.6. The first kappa shape index (κ1) is 26.1. The van der Waals surface area contributed by atoms with Crippen molar-refractivity contribution >= 4 is 40.8 Å². The summed E-state index contributed by atoms with van der Waals surface area (Å²) in [6.07, 6.45) is 3.34. The number of aliphatic hydroxyl groups excluding tert-OH is 1. The third-order valence-corrected chi connectivity index (χ3v) is 6.22. The van der Waals surface area contributed by atoms with E-state index in [9.17, 15) is 9.90 Å². The van der Waals surface area contributed by atoms with Crippen LogP contribution in [0.3, 0.4) is 0 Å². The molecule has 1 saturated heterocycles. The molecule has 0 radical (unpaired) electrons. The summed E-state index contributed by atoms with van der Waals surface area (Å²) in [5.74, 6) is 0.899. The molecule has 4 rings (SSSR count). The van der Waals surface area contributed by atoms with Gasteiger partial charge in [0.15, 0.2) is 5.82 Å². The molecule has 9 nitrogen and oxygen atoms in total. The lowest BCUT2D eigenvalue weighted by molar-refractivity contribution is -0.129. The minimum absolute atomic E-state index is 0.00329. The van der Waals surface area contributed by atoms with Crippen LogP contribution in [0.4, 0.5) is 11.6 Å². The minimum atomic E-state index is -0.0663. The summed E-state index contributed by atoms with van der Waals surface area (Å²) in [6.45, 7) is 6.28. The summed E-state index contributed by atoms with van der Waals surface area (Å²) < 4.78 is 5.90. The van der Waals surface area contributed by atoms with Crippen LogP contribution in [0.25, 0.3) is 11.6 Å². The van der Waals surface area contributed by atoms with Gasteiger partial charge in [-0.05, 0) is 41.8 Å². The molecule has 0 atom stereocenters. The van der Waals surface area contributed by atoms with Gasteiger partial charge >= 0.3 is 6.01 Å². The van der Waals surface area contributed by atoms with Crippen molar-refractivity contribution in [2.45, 2.75) is 20.5 Å². The largest absolute Gasteiger partial charge is 0.424 e. The van der Waals surface area contributed by atoms with Gasteiger partial charge in [0, 0.05) is 56.0 Å². The van der Waals surface area contributed by atoms with Crippen molar-refractivity contribution in [2.75, 3.05) is 36.8 Å². The molecular formula is C27H29ClN6O3. The molecule has 0 aliphatic carbocycles. The molecule has 37 heavy (non-hydrogen) atoms. The summed E-state index contributed by atoms with van der Waals surface area (Å²) in [5.41, 5.74) is 9.48. The Morgan fingerprint density at radius 3 is 2.57 bits per heavy atom. The van der Waals surface area contributed by atoms with Gasteiger partial charge in [-0.3, -0.25) is 4.79 Å². The van der Waals surface area contributed by atoms with Gasteiger partial charge in [-0.2, -0.15) is 15.0 Å². The summed E-state index contributed by atoms with van der Waals surface area (Å²) in [7, 11) is 0. The highest BCUT2D eigenvalue weighted by Gasteiger charge is 2.19. The van der Waals surface area contributed by atoms with Gasteiger partial charge in [0.25, 0.3) is 0 Å². The van der Waals surface area contributed by atoms with Crippen molar-refractivity contribution < 1.29 is 14.6 Å². The number of allylic oxidation sites excluding steroid dienone is 3. The van der Waals surface area contributed by atoms with Gasteiger partial charge in [0.05, 0.1) is 6.61 Å². The van der Waals surface area contributed by atoms with Crippen LogP contribution in [0.5, 0.6) is 11.8 Å². The van der Waals surface area contributed by atoms with Crippen LogP contribution in [-0.2, 0) is 11.4 Å². The van der Waals surface area contributed by atoms with Gasteiger partial charge < -0.3 is 25.4 Å². The van der Waals surface area contributed by atoms with Gasteiger partial charge in [-0.15, -0.1) is 0 Å². The van der Waals surface area contributed by atoms with E-state index in [1.807, 2.05) is 60.4 Å². The van der Waals surface area contributed by atoms with Crippen molar-refractivity contribution in [1.29, 1.82) is 0 Å². The van der Waals surface area contributed by atoms with Crippen LogP contribution < -0.4 is 15.4 Å². The summed E-state index contributed by atoms with van der Waals surface area (Å²) in [4.78, 5) is 28.2. The Hall–Kier alpha value is -3.95. The number of nitrogens with zero attached hydrogens (tertiary/aromatic N) is 5. The van der Waals surface area contributed by atoms with Gasteiger partial charge in [0.1, 0.15) is 5.75 Å². The molecule has 2 aromatic carbocycles. The Morgan fingerprint density at radius 1 is 1.08 bits per heavy atom. The first-order chi connectivity index (χ1) is 17.8. The lowest BCUT2D eigenvalue weighted by atomic mass is 10.0. The SMILES string of the molecule is CC(=O)N1CCN(c2cccc(Oc3nc(N)nc(C=C(Cl)C=C(C)c4ccccc4CO)n3)c2)CC1. The van der Waals surface area contributed by atoms with E-state index in [0.29, 0.717) is 23.9 Å². The van der Waals surface area contributed by atoms with Crippen LogP contribution in [0, 0.1) is 0 Å². The quantitative estimate of drug-likeness (QED) is 0.447. The number of carbonyl (C=O) groups is 1. The maximum absolute atomic E-state index is 11.6. The average Bonchev–Trinajstić information content (AvgIpc) is 2.88. The number of aliphatic hydroxyl groups is 1. The molecule has 1 aromatic heterocycles. The van der Waals surface area contributed by atoms with Crippen LogP contribution in [0.1, 0.15) is 30.8 Å². The van der Waals surface area contributed by atoms with E-state index in [2.05, 4.69) is 19.9 Å². The van der Waals surface area contributed by atoms with Crippen LogP contribution >= 0.6 is 11.6 Å². The number of carbonyl (C=O) groups excluding carboxylic acids is 1. The zero-order valence-corrected chi connectivity index (χ0v) is 21.5. The van der Waals surface area contributed by atoms with Crippen LogP contribution in [0.2, 0.25) is 0 Å². The second-order valence-electron chi connectivity index (χ2n) is 8.60. The van der Waals surface area contributed by atoms with E-state index < -0.39 is 0 Å². The predicted molar refractivity (Wildman–Crippen MR) is 145 cm³/mol. The first-order valence-corrected chi connectivity index (χ1v) is 12.2. The number of nitrogen functional groups attached to an aromatic ring is 1. The maximum Gasteiger partial charge on any atom is 0.327 e. The molecule has 0 bridgehead atoms. The number of piperazine rings is 1. The first-order valence-electron chi connectivity index (χ1n) is 11.9. The third-order valence-electron chi connectivity index (χ3n) is 6.00. The second kappa shape index (κ2) is 11.9. The highest BCUT2D eigenvalue weighted by Crippen LogP contribution is 2.26. The standard InChI is InChI=1S/C27H29ClN6O3/c1-18(24-9-4-3-6-20(24)17-35)14-21(28)15-25-30-26(29)32-27(31-25)37-23-8-5-7-22(16-23)34-12-10-33(11-13-34)19(2)36/h3-9,14-16,35H,10-13,17H2,1-2H3,(H2,29,30,31,32). The van der Waals surface area contributed by atoms with Crippen molar-refractivity contribution in [2.24, 2.45) is 0 Å². The zero-order valence-electron chi connectivity index (χ0n) is 20.8.